The van der Waals surface area contributed by atoms with Crippen LogP contribution in [0.2, 0.25) is 0 Å². The second-order valence-electron chi connectivity index (χ2n) is 7.98. The number of nitrogens with zero attached hydrogens (tertiary/aromatic N) is 1. The third-order valence-electron chi connectivity index (χ3n) is 5.24. The van der Waals surface area contributed by atoms with Crippen molar-refractivity contribution >= 4 is 49.4 Å². The van der Waals surface area contributed by atoms with Crippen molar-refractivity contribution in [2.75, 3.05) is 17.1 Å². The summed E-state index contributed by atoms with van der Waals surface area (Å²) in [5, 5.41) is 2.71. The van der Waals surface area contributed by atoms with Crippen LogP contribution in [-0.2, 0) is 21.4 Å². The number of ether oxygens (including phenoxy) is 2. The molecule has 1 aromatic heterocycles. The highest BCUT2D eigenvalue weighted by Crippen LogP contribution is 2.37. The van der Waals surface area contributed by atoms with Crippen molar-refractivity contribution < 1.29 is 22.7 Å². The van der Waals surface area contributed by atoms with Gasteiger partial charge in [-0.05, 0) is 81.7 Å². The van der Waals surface area contributed by atoms with Gasteiger partial charge in [0.15, 0.2) is 11.5 Å². The minimum Gasteiger partial charge on any atom is -0.493 e. The molecule has 0 aliphatic heterocycles. The number of hydrogen-bond donors (Lipinski definition) is 2. The molecule has 0 aliphatic carbocycles. The molecule has 10 heteroatoms. The van der Waals surface area contributed by atoms with Crippen molar-refractivity contribution in [3.8, 4) is 11.5 Å². The van der Waals surface area contributed by atoms with Gasteiger partial charge in [-0.1, -0.05) is 36.4 Å². The predicted molar refractivity (Wildman–Crippen MR) is 151 cm³/mol. The standard InChI is InChI=1S/C28H24BrN3O5S/c1-36-25-18-21(17-24(29)28(25)37-19-20-7-3-2-4-8-20)10-15-27(33)31-22-11-13-23(14-12-22)38(34,35)32-26-9-5-6-16-30-26/h2-18H,19H2,1H3,(H,30,32)(H,31,33)/b15-10+. The van der Waals surface area contributed by atoms with Gasteiger partial charge < -0.3 is 14.8 Å². The molecule has 0 radical (unpaired) electrons. The summed E-state index contributed by atoms with van der Waals surface area (Å²) in [4.78, 5) is 16.5. The second-order valence-corrected chi connectivity index (χ2v) is 10.5. The molecule has 2 N–H and O–H groups in total. The molecule has 1 heterocycles. The second kappa shape index (κ2) is 12.4. The summed E-state index contributed by atoms with van der Waals surface area (Å²) in [7, 11) is -2.26. The van der Waals surface area contributed by atoms with Gasteiger partial charge in [-0.15, -0.1) is 0 Å². The van der Waals surface area contributed by atoms with E-state index in [0.29, 0.717) is 28.3 Å². The first-order chi connectivity index (χ1) is 18.3. The summed E-state index contributed by atoms with van der Waals surface area (Å²) in [6, 6.07) is 24.1. The average molecular weight is 594 g/mol. The number of carbonyl (C=O) groups excluding carboxylic acids is 1. The first-order valence-corrected chi connectivity index (χ1v) is 13.7. The highest BCUT2D eigenvalue weighted by Gasteiger charge is 2.15. The third kappa shape index (κ3) is 7.21. The molecule has 0 aliphatic rings. The van der Waals surface area contributed by atoms with E-state index in [0.717, 1.165) is 11.1 Å². The van der Waals surface area contributed by atoms with Crippen LogP contribution in [0.5, 0.6) is 11.5 Å². The molecule has 8 nitrogen and oxygen atoms in total. The first-order valence-electron chi connectivity index (χ1n) is 11.4. The maximum atomic E-state index is 12.5. The van der Waals surface area contributed by atoms with Crippen LogP contribution in [-0.4, -0.2) is 26.4 Å². The SMILES string of the molecule is COc1cc(/C=C/C(=O)Nc2ccc(S(=O)(=O)Nc3ccccn3)cc2)cc(Br)c1OCc1ccccc1. The Labute approximate surface area is 229 Å². The molecular weight excluding hydrogens is 570 g/mol. The van der Waals surface area contributed by atoms with Crippen molar-refractivity contribution in [3.63, 3.8) is 0 Å². The fourth-order valence-electron chi connectivity index (χ4n) is 3.40. The molecule has 0 spiro atoms. The summed E-state index contributed by atoms with van der Waals surface area (Å²) in [5.41, 5.74) is 2.19. The maximum Gasteiger partial charge on any atom is 0.263 e. The van der Waals surface area contributed by atoms with Crippen LogP contribution in [0.1, 0.15) is 11.1 Å². The molecule has 1 amide bonds. The van der Waals surface area contributed by atoms with E-state index in [2.05, 4.69) is 31.0 Å². The fraction of sp³-hybridized carbons (Fsp3) is 0.0714. The Morgan fingerprint density at radius 3 is 2.42 bits per heavy atom. The number of benzene rings is 3. The minimum atomic E-state index is -3.80. The predicted octanol–water partition coefficient (Wildman–Crippen LogP) is 5.88. The van der Waals surface area contributed by atoms with E-state index in [1.807, 2.05) is 36.4 Å². The Bertz CT molecular complexity index is 1530. The number of methoxy groups -OCH3 is 1. The molecule has 4 aromatic rings. The average Bonchev–Trinajstić information content (AvgIpc) is 2.92. The van der Waals surface area contributed by atoms with Crippen LogP contribution >= 0.6 is 15.9 Å². The summed E-state index contributed by atoms with van der Waals surface area (Å²) >= 11 is 3.52. The minimum absolute atomic E-state index is 0.0446. The third-order valence-corrected chi connectivity index (χ3v) is 7.20. The van der Waals surface area contributed by atoms with Crippen molar-refractivity contribution in [2.45, 2.75) is 11.5 Å². The van der Waals surface area contributed by atoms with Crippen LogP contribution in [0.3, 0.4) is 0 Å². The quantitative estimate of drug-likeness (QED) is 0.222. The number of nitrogens with one attached hydrogen (secondary N) is 2. The Kier molecular flexibility index (Phi) is 8.77. The summed E-state index contributed by atoms with van der Waals surface area (Å²) < 4.78 is 39.6. The number of sulfonamides is 1. The molecule has 194 valence electrons. The van der Waals surface area contributed by atoms with Gasteiger partial charge in [-0.3, -0.25) is 9.52 Å². The zero-order valence-electron chi connectivity index (χ0n) is 20.3. The molecule has 0 bridgehead atoms. The van der Waals surface area contributed by atoms with E-state index >= 15 is 0 Å². The lowest BCUT2D eigenvalue weighted by Gasteiger charge is -2.13. The molecule has 38 heavy (non-hydrogen) atoms. The number of anilines is 2. The number of rotatable bonds is 10. The van der Waals surface area contributed by atoms with Gasteiger partial charge in [0.05, 0.1) is 16.5 Å². The summed E-state index contributed by atoms with van der Waals surface area (Å²) in [5.74, 6) is 0.915. The van der Waals surface area contributed by atoms with Crippen molar-refractivity contribution in [1.29, 1.82) is 0 Å². The van der Waals surface area contributed by atoms with Gasteiger partial charge in [-0.2, -0.15) is 0 Å². The Morgan fingerprint density at radius 1 is 1.00 bits per heavy atom. The fourth-order valence-corrected chi connectivity index (χ4v) is 4.98. The number of pyridine rings is 1. The summed E-state index contributed by atoms with van der Waals surface area (Å²) in [6.07, 6.45) is 4.51. The molecule has 0 fully saturated rings. The van der Waals surface area contributed by atoms with Crippen LogP contribution in [0.15, 0.2) is 107 Å². The van der Waals surface area contributed by atoms with Gasteiger partial charge in [0, 0.05) is 18.0 Å². The van der Waals surface area contributed by atoms with E-state index in [-0.39, 0.29) is 16.6 Å². The van der Waals surface area contributed by atoms with Gasteiger partial charge in [0.2, 0.25) is 5.91 Å². The highest BCUT2D eigenvalue weighted by atomic mass is 79.9. The Morgan fingerprint density at radius 2 is 1.74 bits per heavy atom. The highest BCUT2D eigenvalue weighted by molar-refractivity contribution is 9.10. The van der Waals surface area contributed by atoms with Crippen LogP contribution in [0, 0.1) is 0 Å². The van der Waals surface area contributed by atoms with Crippen molar-refractivity contribution in [3.05, 3.63) is 113 Å². The zero-order chi connectivity index (χ0) is 27.0. The monoisotopic (exact) mass is 593 g/mol. The lowest BCUT2D eigenvalue weighted by atomic mass is 10.2. The molecule has 0 saturated carbocycles. The van der Waals surface area contributed by atoms with E-state index < -0.39 is 10.0 Å². The lowest BCUT2D eigenvalue weighted by Crippen LogP contribution is -2.14. The number of halogens is 1. The number of aromatic nitrogens is 1. The Hall–Kier alpha value is -4.15. The largest absolute Gasteiger partial charge is 0.493 e. The lowest BCUT2D eigenvalue weighted by molar-refractivity contribution is -0.111. The van der Waals surface area contributed by atoms with Crippen LogP contribution in [0.25, 0.3) is 6.08 Å². The van der Waals surface area contributed by atoms with Gasteiger partial charge >= 0.3 is 0 Å². The van der Waals surface area contributed by atoms with E-state index in [1.54, 1.807) is 37.5 Å². The Balaban J connectivity index is 1.38. The molecular formula is C28H24BrN3O5S. The van der Waals surface area contributed by atoms with Gasteiger partial charge in [0.25, 0.3) is 10.0 Å². The van der Waals surface area contributed by atoms with Crippen LogP contribution in [0.4, 0.5) is 11.5 Å². The summed E-state index contributed by atoms with van der Waals surface area (Å²) in [6.45, 7) is 0.382. The van der Waals surface area contributed by atoms with Gasteiger partial charge in [0.1, 0.15) is 12.4 Å². The van der Waals surface area contributed by atoms with Crippen molar-refractivity contribution in [1.82, 2.24) is 4.98 Å². The number of carbonyl (C=O) groups is 1. The molecule has 3 aromatic carbocycles. The van der Waals surface area contributed by atoms with Crippen LogP contribution < -0.4 is 19.5 Å². The molecule has 0 saturated heterocycles. The number of hydrogen-bond acceptors (Lipinski definition) is 6. The van der Waals surface area contributed by atoms with E-state index in [1.165, 1.54) is 36.5 Å². The van der Waals surface area contributed by atoms with Gasteiger partial charge in [-0.25, -0.2) is 13.4 Å². The topological polar surface area (TPSA) is 107 Å². The van der Waals surface area contributed by atoms with E-state index in [9.17, 15) is 13.2 Å². The number of amides is 1. The zero-order valence-corrected chi connectivity index (χ0v) is 22.7. The maximum absolute atomic E-state index is 12.5. The van der Waals surface area contributed by atoms with Crippen molar-refractivity contribution in [2.24, 2.45) is 0 Å². The smallest absolute Gasteiger partial charge is 0.263 e. The van der Waals surface area contributed by atoms with E-state index in [4.69, 9.17) is 9.47 Å². The first kappa shape index (κ1) is 26.9. The normalized spacial score (nSPS) is 11.2. The molecule has 0 unspecified atom stereocenters. The molecule has 0 atom stereocenters. The molecule has 4 rings (SSSR count).